The Morgan fingerprint density at radius 1 is 1.00 bits per heavy atom. The zero-order valence-electron chi connectivity index (χ0n) is 15.1. The fourth-order valence-electron chi connectivity index (χ4n) is 4.29. The molecule has 1 aromatic carbocycles. The third kappa shape index (κ3) is 3.07. The lowest BCUT2D eigenvalue weighted by molar-refractivity contribution is 0.0591. The lowest BCUT2D eigenvalue weighted by atomic mass is 9.94. The Morgan fingerprint density at radius 3 is 2.67 bits per heavy atom. The summed E-state index contributed by atoms with van der Waals surface area (Å²) in [6, 6.07) is 7.49. The van der Waals surface area contributed by atoms with E-state index in [1.54, 1.807) is 12.4 Å². The molecule has 1 amide bonds. The Bertz CT molecular complexity index is 844. The van der Waals surface area contributed by atoms with Crippen molar-refractivity contribution in [3.8, 4) is 11.5 Å². The van der Waals surface area contributed by atoms with E-state index in [4.69, 9.17) is 9.47 Å². The Labute approximate surface area is 157 Å². The van der Waals surface area contributed by atoms with Crippen molar-refractivity contribution >= 4 is 11.9 Å². The Balaban J connectivity index is 1.39. The lowest BCUT2D eigenvalue weighted by Crippen LogP contribution is -2.47. The van der Waals surface area contributed by atoms with Gasteiger partial charge >= 0.3 is 0 Å². The van der Waals surface area contributed by atoms with E-state index in [9.17, 15) is 4.79 Å². The van der Waals surface area contributed by atoms with Crippen LogP contribution < -0.4 is 14.4 Å². The van der Waals surface area contributed by atoms with Gasteiger partial charge in [0.2, 0.25) is 5.95 Å². The maximum Gasteiger partial charge on any atom is 0.254 e. The van der Waals surface area contributed by atoms with Crippen LogP contribution >= 0.6 is 0 Å². The second kappa shape index (κ2) is 6.72. The van der Waals surface area contributed by atoms with E-state index in [0.29, 0.717) is 36.2 Å². The van der Waals surface area contributed by atoms with Crippen LogP contribution in [0.1, 0.15) is 23.2 Å². The number of amides is 1. The topological polar surface area (TPSA) is 67.8 Å². The number of aromatic nitrogens is 2. The first-order chi connectivity index (χ1) is 13.3. The van der Waals surface area contributed by atoms with Gasteiger partial charge in [-0.15, -0.1) is 0 Å². The van der Waals surface area contributed by atoms with Crippen LogP contribution in [0.15, 0.2) is 36.7 Å². The largest absolute Gasteiger partial charge is 0.486 e. The standard InChI is InChI=1S/C20H22N4O3/c25-19(15-3-5-17-18(10-15)27-9-8-26-17)24-12-14-2-4-16(24)13-23(11-14)20-21-6-1-7-22-20/h1,3,5-7,10,14,16H,2,4,8-9,11-13H2/t14-,16+/m0/s1. The highest BCUT2D eigenvalue weighted by Gasteiger charge is 2.38. The summed E-state index contributed by atoms with van der Waals surface area (Å²) in [6.07, 6.45) is 5.70. The van der Waals surface area contributed by atoms with Crippen LogP contribution in [0.3, 0.4) is 0 Å². The van der Waals surface area contributed by atoms with E-state index in [-0.39, 0.29) is 11.9 Å². The highest BCUT2D eigenvalue weighted by atomic mass is 16.6. The van der Waals surface area contributed by atoms with Gasteiger partial charge in [-0.05, 0) is 43.0 Å². The molecule has 0 spiro atoms. The minimum Gasteiger partial charge on any atom is -0.486 e. The van der Waals surface area contributed by atoms with Crippen molar-refractivity contribution in [1.29, 1.82) is 0 Å². The number of anilines is 1. The smallest absolute Gasteiger partial charge is 0.254 e. The van der Waals surface area contributed by atoms with Gasteiger partial charge in [0, 0.05) is 43.6 Å². The van der Waals surface area contributed by atoms with Gasteiger partial charge in [0.05, 0.1) is 0 Å². The van der Waals surface area contributed by atoms with Gasteiger partial charge in [0.1, 0.15) is 13.2 Å². The first kappa shape index (κ1) is 16.4. The molecule has 5 heterocycles. The van der Waals surface area contributed by atoms with Gasteiger partial charge < -0.3 is 19.3 Å². The van der Waals surface area contributed by atoms with Gasteiger partial charge in [-0.2, -0.15) is 0 Å². The fraction of sp³-hybridized carbons (Fsp3) is 0.450. The van der Waals surface area contributed by atoms with Crippen molar-refractivity contribution in [1.82, 2.24) is 14.9 Å². The molecule has 1 aromatic heterocycles. The van der Waals surface area contributed by atoms with E-state index in [1.807, 2.05) is 29.2 Å². The predicted octanol–water partition coefficient (Wildman–Crippen LogP) is 1.99. The molecule has 2 bridgehead atoms. The molecular formula is C20H22N4O3. The van der Waals surface area contributed by atoms with Gasteiger partial charge in [0.25, 0.3) is 5.91 Å². The van der Waals surface area contributed by atoms with E-state index >= 15 is 0 Å². The highest BCUT2D eigenvalue weighted by Crippen LogP contribution is 2.34. The molecule has 7 heteroatoms. The van der Waals surface area contributed by atoms with Gasteiger partial charge in [0.15, 0.2) is 11.5 Å². The minimum atomic E-state index is 0.0671. The van der Waals surface area contributed by atoms with Crippen molar-refractivity contribution < 1.29 is 14.3 Å². The minimum absolute atomic E-state index is 0.0671. The van der Waals surface area contributed by atoms with E-state index in [1.165, 1.54) is 0 Å². The van der Waals surface area contributed by atoms with E-state index in [0.717, 1.165) is 38.4 Å². The molecule has 3 saturated heterocycles. The van der Waals surface area contributed by atoms with Gasteiger partial charge in [-0.3, -0.25) is 4.79 Å². The zero-order valence-corrected chi connectivity index (χ0v) is 15.1. The third-order valence-electron chi connectivity index (χ3n) is 5.60. The molecule has 3 fully saturated rings. The highest BCUT2D eigenvalue weighted by molar-refractivity contribution is 5.95. The molecule has 4 aliphatic heterocycles. The number of piperidine rings is 1. The third-order valence-corrected chi connectivity index (χ3v) is 5.60. The van der Waals surface area contributed by atoms with Gasteiger partial charge in [-0.1, -0.05) is 0 Å². The summed E-state index contributed by atoms with van der Waals surface area (Å²) in [4.78, 5) is 26.3. The summed E-state index contributed by atoms with van der Waals surface area (Å²) in [5, 5.41) is 0. The molecule has 0 N–H and O–H groups in total. The first-order valence-corrected chi connectivity index (χ1v) is 9.50. The number of hydrogen-bond donors (Lipinski definition) is 0. The van der Waals surface area contributed by atoms with E-state index in [2.05, 4.69) is 14.9 Å². The fourth-order valence-corrected chi connectivity index (χ4v) is 4.29. The molecule has 0 radical (unpaired) electrons. The summed E-state index contributed by atoms with van der Waals surface area (Å²) in [6.45, 7) is 3.52. The zero-order chi connectivity index (χ0) is 18.2. The van der Waals surface area contributed by atoms with E-state index < -0.39 is 0 Å². The number of nitrogens with zero attached hydrogens (tertiary/aromatic N) is 4. The van der Waals surface area contributed by atoms with Crippen LogP contribution in [0.2, 0.25) is 0 Å². The lowest BCUT2D eigenvalue weighted by Gasteiger charge is -2.36. The number of fused-ring (bicyclic) bond motifs is 5. The van der Waals surface area contributed by atoms with Crippen molar-refractivity contribution in [3.63, 3.8) is 0 Å². The molecule has 140 valence electrons. The molecule has 4 aliphatic rings. The number of carbonyl (C=O) groups is 1. The summed E-state index contributed by atoms with van der Waals surface area (Å²) in [5.41, 5.74) is 0.661. The van der Waals surface area contributed by atoms with Crippen LogP contribution in [-0.4, -0.2) is 59.7 Å². The molecule has 27 heavy (non-hydrogen) atoms. The second-order valence-electron chi connectivity index (χ2n) is 7.37. The molecular weight excluding hydrogens is 344 g/mol. The predicted molar refractivity (Wildman–Crippen MR) is 99.2 cm³/mol. The molecule has 7 nitrogen and oxygen atoms in total. The summed E-state index contributed by atoms with van der Waals surface area (Å²) in [5.74, 6) is 2.63. The monoisotopic (exact) mass is 366 g/mol. The number of carbonyl (C=O) groups excluding carboxylic acids is 1. The average molecular weight is 366 g/mol. The number of benzene rings is 1. The number of hydrogen-bond acceptors (Lipinski definition) is 6. The maximum absolute atomic E-state index is 13.3. The molecule has 2 atom stereocenters. The Kier molecular flexibility index (Phi) is 4.07. The van der Waals surface area contributed by atoms with Crippen LogP contribution in [0.25, 0.3) is 0 Å². The normalized spacial score (nSPS) is 23.9. The van der Waals surface area contributed by atoms with Gasteiger partial charge in [-0.25, -0.2) is 9.97 Å². The van der Waals surface area contributed by atoms with Crippen molar-refractivity contribution in [2.45, 2.75) is 18.9 Å². The van der Waals surface area contributed by atoms with Crippen molar-refractivity contribution in [3.05, 3.63) is 42.2 Å². The number of ether oxygens (including phenoxy) is 2. The first-order valence-electron chi connectivity index (χ1n) is 9.50. The molecule has 6 rings (SSSR count). The SMILES string of the molecule is O=C(c1ccc2c(c1)OCCO2)N1C[C@H]2CC[C@@H]1CN(c1ncccn1)C2. The Hall–Kier alpha value is -2.83. The summed E-state index contributed by atoms with van der Waals surface area (Å²) in [7, 11) is 0. The van der Waals surface area contributed by atoms with Crippen LogP contribution in [0.4, 0.5) is 5.95 Å². The summed E-state index contributed by atoms with van der Waals surface area (Å²) >= 11 is 0. The molecule has 0 saturated carbocycles. The Morgan fingerprint density at radius 2 is 1.81 bits per heavy atom. The molecule has 0 unspecified atom stereocenters. The van der Waals surface area contributed by atoms with Crippen LogP contribution in [0.5, 0.6) is 11.5 Å². The molecule has 2 aromatic rings. The van der Waals surface area contributed by atoms with Crippen molar-refractivity contribution in [2.75, 3.05) is 37.7 Å². The van der Waals surface area contributed by atoms with Crippen molar-refractivity contribution in [2.24, 2.45) is 5.92 Å². The van der Waals surface area contributed by atoms with Crippen LogP contribution in [0, 0.1) is 5.92 Å². The second-order valence-corrected chi connectivity index (χ2v) is 7.37. The maximum atomic E-state index is 13.3. The quantitative estimate of drug-likeness (QED) is 0.810. The molecule has 0 aliphatic carbocycles. The average Bonchev–Trinajstić information content (AvgIpc) is 3.06. The van der Waals surface area contributed by atoms with Crippen LogP contribution in [-0.2, 0) is 0 Å². The summed E-state index contributed by atoms with van der Waals surface area (Å²) < 4.78 is 11.2. The number of rotatable bonds is 2.